The van der Waals surface area contributed by atoms with Gasteiger partial charge in [-0.15, -0.1) is 0 Å². The molecule has 0 spiro atoms. The molecule has 0 saturated heterocycles. The standard InChI is InChI=1S/C12H10N2O/c15-12-5-1-3-10(7-12)8-14-11-4-2-6-13-9-11/h1-9,15H. The molecule has 0 fully saturated rings. The molecule has 1 aromatic carbocycles. The lowest BCUT2D eigenvalue weighted by Crippen LogP contribution is -1.79. The second-order valence-corrected chi connectivity index (χ2v) is 3.06. The van der Waals surface area contributed by atoms with E-state index >= 15 is 0 Å². The van der Waals surface area contributed by atoms with Gasteiger partial charge in [0.05, 0.1) is 11.9 Å². The molecule has 0 atom stereocenters. The Bertz CT molecular complexity index is 466. The highest BCUT2D eigenvalue weighted by atomic mass is 16.3. The molecule has 0 amide bonds. The van der Waals surface area contributed by atoms with E-state index in [1.54, 1.807) is 36.8 Å². The summed E-state index contributed by atoms with van der Waals surface area (Å²) < 4.78 is 0. The van der Waals surface area contributed by atoms with Crippen LogP contribution in [-0.2, 0) is 0 Å². The zero-order chi connectivity index (χ0) is 10.5. The molecule has 1 N–H and O–H groups in total. The molecule has 0 saturated carbocycles. The van der Waals surface area contributed by atoms with E-state index in [2.05, 4.69) is 9.98 Å². The van der Waals surface area contributed by atoms with Crippen LogP contribution < -0.4 is 0 Å². The second kappa shape index (κ2) is 4.37. The number of hydrogen-bond donors (Lipinski definition) is 1. The van der Waals surface area contributed by atoms with E-state index in [-0.39, 0.29) is 5.75 Å². The molecule has 15 heavy (non-hydrogen) atoms. The van der Waals surface area contributed by atoms with E-state index < -0.39 is 0 Å². The van der Waals surface area contributed by atoms with Crippen LogP contribution in [0.3, 0.4) is 0 Å². The lowest BCUT2D eigenvalue weighted by Gasteiger charge is -1.94. The van der Waals surface area contributed by atoms with Gasteiger partial charge in [0, 0.05) is 12.4 Å². The Kier molecular flexibility index (Phi) is 2.74. The predicted octanol–water partition coefficient (Wildman–Crippen LogP) is 2.54. The van der Waals surface area contributed by atoms with E-state index in [9.17, 15) is 5.11 Å². The highest BCUT2D eigenvalue weighted by molar-refractivity contribution is 5.82. The summed E-state index contributed by atoms with van der Waals surface area (Å²) in [5.74, 6) is 0.241. The van der Waals surface area contributed by atoms with Gasteiger partial charge in [-0.25, -0.2) is 0 Å². The summed E-state index contributed by atoms with van der Waals surface area (Å²) in [6, 6.07) is 10.6. The van der Waals surface area contributed by atoms with Crippen molar-refractivity contribution in [3.63, 3.8) is 0 Å². The normalized spacial score (nSPS) is 10.7. The molecule has 1 aromatic heterocycles. The minimum atomic E-state index is 0.241. The van der Waals surface area contributed by atoms with Gasteiger partial charge in [0.25, 0.3) is 0 Å². The summed E-state index contributed by atoms with van der Waals surface area (Å²) in [6.45, 7) is 0. The fourth-order valence-corrected chi connectivity index (χ4v) is 1.18. The van der Waals surface area contributed by atoms with Gasteiger partial charge in [-0.05, 0) is 29.8 Å². The van der Waals surface area contributed by atoms with Crippen LogP contribution in [0.15, 0.2) is 53.8 Å². The van der Waals surface area contributed by atoms with Crippen molar-refractivity contribution in [1.29, 1.82) is 0 Å². The van der Waals surface area contributed by atoms with E-state index in [1.807, 2.05) is 18.2 Å². The van der Waals surface area contributed by atoms with Crippen molar-refractivity contribution >= 4 is 11.9 Å². The number of phenols is 1. The first-order chi connectivity index (χ1) is 7.34. The highest BCUT2D eigenvalue weighted by Crippen LogP contribution is 2.11. The minimum Gasteiger partial charge on any atom is -0.508 e. The monoisotopic (exact) mass is 198 g/mol. The van der Waals surface area contributed by atoms with Gasteiger partial charge in [0.2, 0.25) is 0 Å². The molecule has 0 radical (unpaired) electrons. The maximum Gasteiger partial charge on any atom is 0.116 e. The second-order valence-electron chi connectivity index (χ2n) is 3.06. The molecule has 0 aliphatic rings. The zero-order valence-electron chi connectivity index (χ0n) is 8.04. The third-order valence-corrected chi connectivity index (χ3v) is 1.88. The molecule has 0 unspecified atom stereocenters. The molecular formula is C12H10N2O. The van der Waals surface area contributed by atoms with Crippen LogP contribution >= 0.6 is 0 Å². The van der Waals surface area contributed by atoms with Crippen molar-refractivity contribution in [2.75, 3.05) is 0 Å². The van der Waals surface area contributed by atoms with Gasteiger partial charge >= 0.3 is 0 Å². The maximum absolute atomic E-state index is 9.24. The first kappa shape index (κ1) is 9.40. The lowest BCUT2D eigenvalue weighted by molar-refractivity contribution is 0.475. The summed E-state index contributed by atoms with van der Waals surface area (Å²) in [5, 5.41) is 9.24. The van der Waals surface area contributed by atoms with Gasteiger partial charge < -0.3 is 5.11 Å². The van der Waals surface area contributed by atoms with Crippen molar-refractivity contribution in [3.05, 3.63) is 54.4 Å². The average molecular weight is 198 g/mol. The predicted molar refractivity (Wildman–Crippen MR) is 59.6 cm³/mol. The van der Waals surface area contributed by atoms with Gasteiger partial charge in [0.15, 0.2) is 0 Å². The van der Waals surface area contributed by atoms with Crippen molar-refractivity contribution in [2.24, 2.45) is 4.99 Å². The Morgan fingerprint density at radius 2 is 2.13 bits per heavy atom. The number of nitrogens with zero attached hydrogens (tertiary/aromatic N) is 2. The van der Waals surface area contributed by atoms with Crippen LogP contribution in [0.5, 0.6) is 5.75 Å². The number of rotatable bonds is 2. The van der Waals surface area contributed by atoms with E-state index in [4.69, 9.17) is 0 Å². The largest absolute Gasteiger partial charge is 0.508 e. The topological polar surface area (TPSA) is 45.5 Å². The Labute approximate surface area is 87.8 Å². The van der Waals surface area contributed by atoms with Crippen molar-refractivity contribution in [2.45, 2.75) is 0 Å². The number of benzene rings is 1. The van der Waals surface area contributed by atoms with Crippen LogP contribution in [-0.4, -0.2) is 16.3 Å². The van der Waals surface area contributed by atoms with E-state index in [1.165, 1.54) is 0 Å². The van der Waals surface area contributed by atoms with E-state index in [0.29, 0.717) is 0 Å². The smallest absolute Gasteiger partial charge is 0.116 e. The summed E-state index contributed by atoms with van der Waals surface area (Å²) >= 11 is 0. The molecule has 2 aromatic rings. The number of aromatic nitrogens is 1. The third-order valence-electron chi connectivity index (χ3n) is 1.88. The SMILES string of the molecule is Oc1cccc(C=Nc2cccnc2)c1. The lowest BCUT2D eigenvalue weighted by atomic mass is 10.2. The summed E-state index contributed by atoms with van der Waals surface area (Å²) in [6.07, 6.45) is 5.07. The Balaban J connectivity index is 2.19. The summed E-state index contributed by atoms with van der Waals surface area (Å²) in [7, 11) is 0. The van der Waals surface area contributed by atoms with Crippen LogP contribution in [0.4, 0.5) is 5.69 Å². The molecule has 0 aliphatic carbocycles. The van der Waals surface area contributed by atoms with Crippen molar-refractivity contribution < 1.29 is 5.11 Å². The zero-order valence-corrected chi connectivity index (χ0v) is 8.04. The van der Waals surface area contributed by atoms with Crippen molar-refractivity contribution in [3.8, 4) is 5.75 Å². The fraction of sp³-hybridized carbons (Fsp3) is 0. The molecular weight excluding hydrogens is 188 g/mol. The summed E-state index contributed by atoms with van der Waals surface area (Å²) in [5.41, 5.74) is 1.65. The summed E-state index contributed by atoms with van der Waals surface area (Å²) in [4.78, 5) is 8.17. The number of aliphatic imine (C=N–C) groups is 1. The maximum atomic E-state index is 9.24. The number of phenolic OH excluding ortho intramolecular Hbond substituents is 1. The number of hydrogen-bond acceptors (Lipinski definition) is 3. The quantitative estimate of drug-likeness (QED) is 0.753. The first-order valence-corrected chi connectivity index (χ1v) is 4.58. The molecule has 3 heteroatoms. The Morgan fingerprint density at radius 3 is 2.87 bits per heavy atom. The molecule has 0 bridgehead atoms. The van der Waals surface area contributed by atoms with Gasteiger partial charge in [-0.1, -0.05) is 12.1 Å². The molecule has 0 aliphatic heterocycles. The van der Waals surface area contributed by atoms with Crippen LogP contribution in [0.2, 0.25) is 0 Å². The Hall–Kier alpha value is -2.16. The number of pyridine rings is 1. The van der Waals surface area contributed by atoms with Gasteiger partial charge in [-0.2, -0.15) is 0 Å². The van der Waals surface area contributed by atoms with Crippen LogP contribution in [0.1, 0.15) is 5.56 Å². The van der Waals surface area contributed by atoms with E-state index in [0.717, 1.165) is 11.3 Å². The van der Waals surface area contributed by atoms with Gasteiger partial charge in [0.1, 0.15) is 5.75 Å². The molecule has 3 nitrogen and oxygen atoms in total. The minimum absolute atomic E-state index is 0.241. The highest BCUT2D eigenvalue weighted by Gasteiger charge is 1.90. The third kappa shape index (κ3) is 2.64. The average Bonchev–Trinajstić information content (AvgIpc) is 2.28. The first-order valence-electron chi connectivity index (χ1n) is 4.58. The number of aromatic hydroxyl groups is 1. The molecule has 1 heterocycles. The van der Waals surface area contributed by atoms with Gasteiger partial charge in [-0.3, -0.25) is 9.98 Å². The van der Waals surface area contributed by atoms with Crippen LogP contribution in [0, 0.1) is 0 Å². The Morgan fingerprint density at radius 1 is 1.20 bits per heavy atom. The molecule has 74 valence electrons. The van der Waals surface area contributed by atoms with Crippen LogP contribution in [0.25, 0.3) is 0 Å². The van der Waals surface area contributed by atoms with Crippen molar-refractivity contribution in [1.82, 2.24) is 4.98 Å². The molecule has 2 rings (SSSR count). The fourth-order valence-electron chi connectivity index (χ4n) is 1.18.